The maximum atomic E-state index is 12.9. The van der Waals surface area contributed by atoms with Gasteiger partial charge in [-0.1, -0.05) is 12.1 Å². The summed E-state index contributed by atoms with van der Waals surface area (Å²) >= 11 is 0. The van der Waals surface area contributed by atoms with Crippen LogP contribution in [0, 0.1) is 6.92 Å². The molecular formula is C10H12FN. The van der Waals surface area contributed by atoms with E-state index in [1.54, 1.807) is 0 Å². The molecule has 1 N–H and O–H groups in total. The van der Waals surface area contributed by atoms with Gasteiger partial charge in [0, 0.05) is 18.7 Å². The van der Waals surface area contributed by atoms with E-state index in [0.717, 1.165) is 11.3 Å². The molecular weight excluding hydrogens is 153 g/mol. The zero-order chi connectivity index (χ0) is 8.55. The Morgan fingerprint density at radius 1 is 1.50 bits per heavy atom. The molecule has 0 unspecified atom stereocenters. The lowest BCUT2D eigenvalue weighted by atomic mass is 10.0. The Hall–Kier alpha value is -1.05. The first kappa shape index (κ1) is 7.59. The molecule has 0 spiro atoms. The minimum absolute atomic E-state index is 0.455. The molecule has 1 nitrogen and oxygen atoms in total. The van der Waals surface area contributed by atoms with Crippen molar-refractivity contribution in [2.45, 2.75) is 19.5 Å². The Balaban J connectivity index is 2.37. The van der Waals surface area contributed by atoms with Crippen molar-refractivity contribution in [1.29, 1.82) is 0 Å². The van der Waals surface area contributed by atoms with Crippen molar-refractivity contribution in [2.24, 2.45) is 0 Å². The summed E-state index contributed by atoms with van der Waals surface area (Å²) in [4.78, 5) is 0. The molecule has 1 aromatic rings. The number of nitrogens with one attached hydrogen (secondary N) is 1. The van der Waals surface area contributed by atoms with Crippen molar-refractivity contribution in [3.05, 3.63) is 29.3 Å². The molecule has 0 aromatic heterocycles. The summed E-state index contributed by atoms with van der Waals surface area (Å²) in [6, 6.07) is 6.10. The third-order valence-electron chi connectivity index (χ3n) is 2.22. The summed E-state index contributed by atoms with van der Waals surface area (Å²) < 4.78 is 12.9. The lowest BCUT2D eigenvalue weighted by Crippen LogP contribution is -2.23. The van der Waals surface area contributed by atoms with Crippen LogP contribution in [0.15, 0.2) is 18.2 Å². The maximum Gasteiger partial charge on any atom is 0.121 e. The number of rotatable bonds is 0. The molecule has 0 fully saturated rings. The third-order valence-corrected chi connectivity index (χ3v) is 2.22. The molecule has 1 aliphatic heterocycles. The van der Waals surface area contributed by atoms with E-state index in [0.29, 0.717) is 13.0 Å². The van der Waals surface area contributed by atoms with E-state index in [1.165, 1.54) is 5.56 Å². The zero-order valence-corrected chi connectivity index (χ0v) is 7.10. The second-order valence-electron chi connectivity index (χ2n) is 3.34. The van der Waals surface area contributed by atoms with Crippen LogP contribution >= 0.6 is 0 Å². The maximum absolute atomic E-state index is 12.9. The number of hydrogen-bond acceptors (Lipinski definition) is 1. The molecule has 0 saturated carbocycles. The van der Waals surface area contributed by atoms with Gasteiger partial charge in [-0.2, -0.15) is 0 Å². The molecule has 0 radical (unpaired) electrons. The standard InChI is InChI=1S/C10H12FN/c1-7-2-3-8-5-9(11)6-12-10(8)4-7/h2-4,9,12H,5-6H2,1H3/t9-/m1/s1. The average molecular weight is 165 g/mol. The zero-order valence-electron chi connectivity index (χ0n) is 7.10. The SMILES string of the molecule is Cc1ccc2c(c1)NC[C@H](F)C2. The van der Waals surface area contributed by atoms with Gasteiger partial charge in [0.2, 0.25) is 0 Å². The average Bonchev–Trinajstić information content (AvgIpc) is 2.05. The van der Waals surface area contributed by atoms with E-state index in [4.69, 9.17) is 0 Å². The minimum atomic E-state index is -0.722. The van der Waals surface area contributed by atoms with Gasteiger partial charge in [-0.3, -0.25) is 0 Å². The summed E-state index contributed by atoms with van der Waals surface area (Å²) in [5, 5.41) is 3.08. The molecule has 2 rings (SSSR count). The van der Waals surface area contributed by atoms with Crippen LogP contribution in [0.3, 0.4) is 0 Å². The normalized spacial score (nSPS) is 21.3. The van der Waals surface area contributed by atoms with E-state index >= 15 is 0 Å². The van der Waals surface area contributed by atoms with Crippen molar-refractivity contribution >= 4 is 5.69 Å². The number of hydrogen-bond donors (Lipinski definition) is 1. The van der Waals surface area contributed by atoms with Crippen LogP contribution in [0.4, 0.5) is 10.1 Å². The van der Waals surface area contributed by atoms with Gasteiger partial charge in [-0.05, 0) is 24.1 Å². The highest BCUT2D eigenvalue weighted by Crippen LogP contribution is 2.23. The van der Waals surface area contributed by atoms with Gasteiger partial charge in [0.1, 0.15) is 6.17 Å². The van der Waals surface area contributed by atoms with Crippen molar-refractivity contribution in [1.82, 2.24) is 0 Å². The number of fused-ring (bicyclic) bond motifs is 1. The van der Waals surface area contributed by atoms with E-state index in [9.17, 15) is 4.39 Å². The molecule has 0 aliphatic carbocycles. The predicted molar refractivity (Wildman–Crippen MR) is 48.3 cm³/mol. The summed E-state index contributed by atoms with van der Waals surface area (Å²) in [5.74, 6) is 0. The Bertz CT molecular complexity index is 296. The van der Waals surface area contributed by atoms with Gasteiger partial charge in [0.25, 0.3) is 0 Å². The first-order chi connectivity index (χ1) is 5.75. The lowest BCUT2D eigenvalue weighted by molar-refractivity contribution is 0.342. The number of anilines is 1. The van der Waals surface area contributed by atoms with Crippen LogP contribution in [0.2, 0.25) is 0 Å². The lowest BCUT2D eigenvalue weighted by Gasteiger charge is -2.21. The highest BCUT2D eigenvalue weighted by Gasteiger charge is 2.16. The van der Waals surface area contributed by atoms with E-state index in [1.807, 2.05) is 19.1 Å². The van der Waals surface area contributed by atoms with Crippen LogP contribution in [-0.4, -0.2) is 12.7 Å². The number of benzene rings is 1. The van der Waals surface area contributed by atoms with Crippen LogP contribution in [0.5, 0.6) is 0 Å². The van der Waals surface area contributed by atoms with Gasteiger partial charge in [0.05, 0.1) is 0 Å². The first-order valence-corrected chi connectivity index (χ1v) is 4.23. The molecule has 12 heavy (non-hydrogen) atoms. The highest BCUT2D eigenvalue weighted by molar-refractivity contribution is 5.55. The fourth-order valence-electron chi connectivity index (χ4n) is 1.56. The van der Waals surface area contributed by atoms with Gasteiger partial charge < -0.3 is 5.32 Å². The van der Waals surface area contributed by atoms with Crippen LogP contribution in [0.25, 0.3) is 0 Å². The van der Waals surface area contributed by atoms with Gasteiger partial charge in [-0.25, -0.2) is 4.39 Å². The molecule has 2 heteroatoms. The Kier molecular flexibility index (Phi) is 1.75. The van der Waals surface area contributed by atoms with Crippen molar-refractivity contribution in [3.63, 3.8) is 0 Å². The quantitative estimate of drug-likeness (QED) is 0.622. The predicted octanol–water partition coefficient (Wildman–Crippen LogP) is 2.30. The van der Waals surface area contributed by atoms with E-state index < -0.39 is 6.17 Å². The van der Waals surface area contributed by atoms with E-state index in [2.05, 4.69) is 11.4 Å². The monoisotopic (exact) mass is 165 g/mol. The summed E-state index contributed by atoms with van der Waals surface area (Å²) in [7, 11) is 0. The molecule has 64 valence electrons. The summed E-state index contributed by atoms with van der Waals surface area (Å²) in [6.07, 6.45) is -0.164. The molecule has 0 amide bonds. The summed E-state index contributed by atoms with van der Waals surface area (Å²) in [6.45, 7) is 2.50. The molecule has 0 bridgehead atoms. The Labute approximate surface area is 71.6 Å². The molecule has 1 aliphatic rings. The fraction of sp³-hybridized carbons (Fsp3) is 0.400. The van der Waals surface area contributed by atoms with Crippen molar-refractivity contribution in [3.8, 4) is 0 Å². The fourth-order valence-corrected chi connectivity index (χ4v) is 1.56. The van der Waals surface area contributed by atoms with Gasteiger partial charge in [-0.15, -0.1) is 0 Å². The van der Waals surface area contributed by atoms with E-state index in [-0.39, 0.29) is 0 Å². The number of alkyl halides is 1. The van der Waals surface area contributed by atoms with Gasteiger partial charge in [0.15, 0.2) is 0 Å². The third kappa shape index (κ3) is 1.29. The molecule has 1 atom stereocenters. The van der Waals surface area contributed by atoms with Crippen LogP contribution < -0.4 is 5.32 Å². The number of aryl methyl sites for hydroxylation is 1. The van der Waals surface area contributed by atoms with Crippen LogP contribution in [0.1, 0.15) is 11.1 Å². The molecule has 0 saturated heterocycles. The first-order valence-electron chi connectivity index (χ1n) is 4.23. The Morgan fingerprint density at radius 2 is 2.33 bits per heavy atom. The minimum Gasteiger partial charge on any atom is -0.382 e. The topological polar surface area (TPSA) is 12.0 Å². The van der Waals surface area contributed by atoms with Crippen molar-refractivity contribution < 1.29 is 4.39 Å². The second kappa shape index (κ2) is 2.77. The Morgan fingerprint density at radius 3 is 3.17 bits per heavy atom. The smallest absolute Gasteiger partial charge is 0.121 e. The van der Waals surface area contributed by atoms with Gasteiger partial charge >= 0.3 is 0 Å². The molecule has 1 heterocycles. The largest absolute Gasteiger partial charge is 0.382 e. The highest BCUT2D eigenvalue weighted by atomic mass is 19.1. The number of halogens is 1. The van der Waals surface area contributed by atoms with Crippen LogP contribution in [-0.2, 0) is 6.42 Å². The molecule has 1 aromatic carbocycles. The van der Waals surface area contributed by atoms with Crippen molar-refractivity contribution in [2.75, 3.05) is 11.9 Å². The second-order valence-corrected chi connectivity index (χ2v) is 3.34. The summed E-state index contributed by atoms with van der Waals surface area (Å²) in [5.41, 5.74) is 3.42.